The van der Waals surface area contributed by atoms with Gasteiger partial charge in [-0.1, -0.05) is 0 Å². The number of methoxy groups -OCH3 is 1. The molecule has 0 amide bonds. The standard InChI is InChI=1S/C10H11NO4/c1-15-10(14)7-5-11(6-2-3-6)9(13)4-8(7)12/h4-6,12H,2-3H2,1H3. The Hall–Kier alpha value is -1.78. The third-order valence-corrected chi connectivity index (χ3v) is 2.40. The summed E-state index contributed by atoms with van der Waals surface area (Å²) in [7, 11) is 1.23. The van der Waals surface area contributed by atoms with Crippen molar-refractivity contribution in [1.29, 1.82) is 0 Å². The summed E-state index contributed by atoms with van der Waals surface area (Å²) in [5, 5.41) is 9.41. The first-order valence-corrected chi connectivity index (χ1v) is 4.67. The number of aromatic hydroxyl groups is 1. The lowest BCUT2D eigenvalue weighted by Gasteiger charge is -2.07. The average Bonchev–Trinajstić information content (AvgIpc) is 3.00. The van der Waals surface area contributed by atoms with Crippen molar-refractivity contribution in [3.63, 3.8) is 0 Å². The molecule has 0 bridgehead atoms. The van der Waals surface area contributed by atoms with Crippen LogP contribution in [0.4, 0.5) is 0 Å². The highest BCUT2D eigenvalue weighted by atomic mass is 16.5. The fourth-order valence-electron chi connectivity index (χ4n) is 1.44. The van der Waals surface area contributed by atoms with Crippen LogP contribution < -0.4 is 5.56 Å². The van der Waals surface area contributed by atoms with Crippen molar-refractivity contribution < 1.29 is 14.6 Å². The molecule has 0 atom stereocenters. The number of carbonyl (C=O) groups is 1. The molecule has 1 N–H and O–H groups in total. The number of aromatic nitrogens is 1. The zero-order valence-electron chi connectivity index (χ0n) is 8.27. The first-order valence-electron chi connectivity index (χ1n) is 4.67. The second kappa shape index (κ2) is 3.42. The average molecular weight is 209 g/mol. The van der Waals surface area contributed by atoms with Crippen LogP contribution in [0.25, 0.3) is 0 Å². The van der Waals surface area contributed by atoms with E-state index in [0.717, 1.165) is 18.9 Å². The lowest BCUT2D eigenvalue weighted by molar-refractivity contribution is 0.0596. The minimum absolute atomic E-state index is 0.0315. The summed E-state index contributed by atoms with van der Waals surface area (Å²) in [5.74, 6) is -0.967. The Bertz CT molecular complexity index is 459. The van der Waals surface area contributed by atoms with Crippen molar-refractivity contribution in [2.75, 3.05) is 7.11 Å². The SMILES string of the molecule is COC(=O)c1cn(C2CC2)c(=O)cc1O. The molecule has 1 fully saturated rings. The van der Waals surface area contributed by atoms with Gasteiger partial charge in [0, 0.05) is 18.3 Å². The van der Waals surface area contributed by atoms with Gasteiger partial charge in [-0.15, -0.1) is 0 Å². The van der Waals surface area contributed by atoms with E-state index in [-0.39, 0.29) is 22.9 Å². The zero-order valence-corrected chi connectivity index (χ0v) is 8.27. The number of nitrogens with zero attached hydrogens (tertiary/aromatic N) is 1. The number of carbonyl (C=O) groups excluding carboxylic acids is 1. The Morgan fingerprint density at radius 2 is 2.27 bits per heavy atom. The molecule has 0 radical (unpaired) electrons. The van der Waals surface area contributed by atoms with Crippen molar-refractivity contribution in [3.8, 4) is 5.75 Å². The smallest absolute Gasteiger partial charge is 0.343 e. The molecule has 5 nitrogen and oxygen atoms in total. The molecule has 80 valence electrons. The molecular formula is C10H11NO4. The van der Waals surface area contributed by atoms with Gasteiger partial charge in [0.1, 0.15) is 11.3 Å². The third-order valence-electron chi connectivity index (χ3n) is 2.40. The highest BCUT2D eigenvalue weighted by molar-refractivity contribution is 5.91. The predicted octanol–water partition coefficient (Wildman–Crippen LogP) is 0.675. The van der Waals surface area contributed by atoms with E-state index in [1.54, 1.807) is 0 Å². The van der Waals surface area contributed by atoms with E-state index in [2.05, 4.69) is 4.74 Å². The van der Waals surface area contributed by atoms with Crippen LogP contribution in [0.5, 0.6) is 5.75 Å². The zero-order chi connectivity index (χ0) is 11.0. The Kier molecular flexibility index (Phi) is 2.22. The third kappa shape index (κ3) is 1.72. The van der Waals surface area contributed by atoms with Crippen LogP contribution in [0.2, 0.25) is 0 Å². The molecule has 1 aromatic rings. The van der Waals surface area contributed by atoms with Crippen LogP contribution >= 0.6 is 0 Å². The maximum Gasteiger partial charge on any atom is 0.343 e. The second-order valence-electron chi connectivity index (χ2n) is 3.54. The Morgan fingerprint density at radius 3 is 2.80 bits per heavy atom. The first kappa shape index (κ1) is 9.76. The lowest BCUT2D eigenvalue weighted by atomic mass is 10.2. The summed E-state index contributed by atoms with van der Waals surface area (Å²) in [5.41, 5.74) is -0.258. The van der Waals surface area contributed by atoms with Crippen molar-refractivity contribution in [1.82, 2.24) is 4.57 Å². The number of esters is 1. The number of hydrogen-bond acceptors (Lipinski definition) is 4. The van der Waals surface area contributed by atoms with Crippen molar-refractivity contribution in [2.24, 2.45) is 0 Å². The number of rotatable bonds is 2. The van der Waals surface area contributed by atoms with Gasteiger partial charge >= 0.3 is 5.97 Å². The maximum atomic E-state index is 11.4. The summed E-state index contributed by atoms with van der Waals surface area (Å²) < 4.78 is 5.96. The maximum absolute atomic E-state index is 11.4. The lowest BCUT2D eigenvalue weighted by Crippen LogP contribution is -2.19. The van der Waals surface area contributed by atoms with Crippen LogP contribution in [-0.4, -0.2) is 22.8 Å². The quantitative estimate of drug-likeness (QED) is 0.727. The molecular weight excluding hydrogens is 198 g/mol. The van der Waals surface area contributed by atoms with Gasteiger partial charge in [-0.25, -0.2) is 4.79 Å². The van der Waals surface area contributed by atoms with Gasteiger partial charge in [-0.2, -0.15) is 0 Å². The number of ether oxygens (including phenoxy) is 1. The molecule has 1 heterocycles. The van der Waals surface area contributed by atoms with Crippen molar-refractivity contribution >= 4 is 5.97 Å². The van der Waals surface area contributed by atoms with Crippen molar-refractivity contribution in [2.45, 2.75) is 18.9 Å². The Labute approximate surface area is 85.9 Å². The van der Waals surface area contributed by atoms with E-state index in [0.29, 0.717) is 0 Å². The number of pyridine rings is 1. The predicted molar refractivity (Wildman–Crippen MR) is 52.0 cm³/mol. The first-order chi connectivity index (χ1) is 7.13. The molecule has 0 unspecified atom stereocenters. The summed E-state index contributed by atoms with van der Waals surface area (Å²) >= 11 is 0. The van der Waals surface area contributed by atoms with Crippen LogP contribution in [0.15, 0.2) is 17.1 Å². The van der Waals surface area contributed by atoms with Gasteiger partial charge in [0.2, 0.25) is 0 Å². The fraction of sp³-hybridized carbons (Fsp3) is 0.400. The molecule has 1 aliphatic rings. The van der Waals surface area contributed by atoms with Gasteiger partial charge in [0.25, 0.3) is 5.56 Å². The van der Waals surface area contributed by atoms with Gasteiger partial charge in [-0.05, 0) is 12.8 Å². The molecule has 1 aromatic heterocycles. The topological polar surface area (TPSA) is 68.5 Å². The molecule has 15 heavy (non-hydrogen) atoms. The summed E-state index contributed by atoms with van der Waals surface area (Å²) in [6, 6.07) is 1.21. The minimum Gasteiger partial charge on any atom is -0.507 e. The van der Waals surface area contributed by atoms with E-state index in [9.17, 15) is 14.7 Å². The largest absolute Gasteiger partial charge is 0.507 e. The van der Waals surface area contributed by atoms with E-state index in [1.165, 1.54) is 17.9 Å². The molecule has 0 aliphatic heterocycles. The van der Waals surface area contributed by atoms with E-state index in [1.807, 2.05) is 0 Å². The molecule has 0 spiro atoms. The van der Waals surface area contributed by atoms with Crippen LogP contribution in [0, 0.1) is 0 Å². The Morgan fingerprint density at radius 1 is 1.60 bits per heavy atom. The van der Waals surface area contributed by atoms with Gasteiger partial charge in [0.05, 0.1) is 7.11 Å². The molecule has 5 heteroatoms. The van der Waals surface area contributed by atoms with Crippen LogP contribution in [-0.2, 0) is 4.74 Å². The fourth-order valence-corrected chi connectivity index (χ4v) is 1.44. The molecule has 1 saturated carbocycles. The monoisotopic (exact) mass is 209 g/mol. The van der Waals surface area contributed by atoms with Gasteiger partial charge < -0.3 is 14.4 Å². The molecule has 2 rings (SSSR count). The van der Waals surface area contributed by atoms with Gasteiger partial charge in [-0.3, -0.25) is 4.79 Å². The summed E-state index contributed by atoms with van der Waals surface area (Å²) in [6.45, 7) is 0. The molecule has 0 saturated heterocycles. The highest BCUT2D eigenvalue weighted by Gasteiger charge is 2.26. The summed E-state index contributed by atoms with van der Waals surface area (Å²) in [6.07, 6.45) is 3.23. The van der Waals surface area contributed by atoms with Crippen LogP contribution in [0.1, 0.15) is 29.2 Å². The Balaban J connectivity index is 2.50. The van der Waals surface area contributed by atoms with E-state index >= 15 is 0 Å². The van der Waals surface area contributed by atoms with Gasteiger partial charge in [0.15, 0.2) is 0 Å². The molecule has 0 aromatic carbocycles. The van der Waals surface area contributed by atoms with Crippen LogP contribution in [0.3, 0.4) is 0 Å². The molecule has 1 aliphatic carbocycles. The van der Waals surface area contributed by atoms with Crippen molar-refractivity contribution in [3.05, 3.63) is 28.2 Å². The highest BCUT2D eigenvalue weighted by Crippen LogP contribution is 2.34. The minimum atomic E-state index is -0.637. The normalized spacial score (nSPS) is 15.0. The summed E-state index contributed by atoms with van der Waals surface area (Å²) in [4.78, 5) is 22.7. The van der Waals surface area contributed by atoms with E-state index < -0.39 is 5.97 Å². The number of hydrogen-bond donors (Lipinski definition) is 1. The second-order valence-corrected chi connectivity index (χ2v) is 3.54. The van der Waals surface area contributed by atoms with E-state index in [4.69, 9.17) is 0 Å².